The molecule has 1 heterocycles. The third kappa shape index (κ3) is 3.57. The maximum Gasteiger partial charge on any atom is 0.252 e. The fraction of sp³-hybridized carbons (Fsp3) is 0.417. The van der Waals surface area contributed by atoms with Gasteiger partial charge in [0.05, 0.1) is 24.0 Å². The zero-order chi connectivity index (χ0) is 14.6. The average molecular weight is 265 g/mol. The number of likely N-dealkylation sites (N-methyl/N-ethyl adjacent to an activating group) is 2. The summed E-state index contributed by atoms with van der Waals surface area (Å²) < 4.78 is 0. The number of carbonyl (C=O) groups excluding carboxylic acids is 2. The highest BCUT2D eigenvalue weighted by molar-refractivity contribution is 5.99. The van der Waals surface area contributed by atoms with Crippen LogP contribution in [0.25, 0.3) is 0 Å². The molecule has 7 nitrogen and oxygen atoms in total. The molecule has 0 unspecified atom stereocenters. The van der Waals surface area contributed by atoms with Crippen LogP contribution >= 0.6 is 0 Å². The van der Waals surface area contributed by atoms with Crippen LogP contribution in [-0.2, 0) is 4.79 Å². The van der Waals surface area contributed by atoms with Crippen molar-refractivity contribution in [1.82, 2.24) is 9.88 Å². The summed E-state index contributed by atoms with van der Waals surface area (Å²) in [5.74, 6) is -0.333. The van der Waals surface area contributed by atoms with Gasteiger partial charge in [-0.3, -0.25) is 9.59 Å². The highest BCUT2D eigenvalue weighted by Crippen LogP contribution is 2.19. The maximum absolute atomic E-state index is 11.7. The van der Waals surface area contributed by atoms with Crippen LogP contribution in [0.4, 0.5) is 11.5 Å². The van der Waals surface area contributed by atoms with Crippen LogP contribution in [0.2, 0.25) is 0 Å². The SMILES string of the molecule is CCN(CC(=O)N(C)C)c1ncc(N)cc1C(N)=O. The lowest BCUT2D eigenvalue weighted by Gasteiger charge is -2.24. The lowest BCUT2D eigenvalue weighted by molar-refractivity contribution is -0.127. The van der Waals surface area contributed by atoms with Crippen molar-refractivity contribution in [1.29, 1.82) is 0 Å². The number of anilines is 2. The molecule has 104 valence electrons. The number of amides is 2. The molecule has 1 rings (SSSR count). The molecule has 2 amide bonds. The van der Waals surface area contributed by atoms with E-state index in [-0.39, 0.29) is 18.0 Å². The van der Waals surface area contributed by atoms with Gasteiger partial charge in [-0.05, 0) is 13.0 Å². The number of hydrogen-bond acceptors (Lipinski definition) is 5. The standard InChI is InChI=1S/C12H19N5O2/c1-4-17(7-10(18)16(2)3)12-9(11(14)19)5-8(13)6-15-12/h5-6H,4,7,13H2,1-3H3,(H2,14,19). The molecule has 0 fully saturated rings. The lowest BCUT2D eigenvalue weighted by atomic mass is 10.2. The topological polar surface area (TPSA) is 106 Å². The molecule has 0 atom stereocenters. The largest absolute Gasteiger partial charge is 0.397 e. The van der Waals surface area contributed by atoms with E-state index in [0.29, 0.717) is 18.1 Å². The van der Waals surface area contributed by atoms with Gasteiger partial charge in [-0.25, -0.2) is 4.98 Å². The molecule has 19 heavy (non-hydrogen) atoms. The first-order chi connectivity index (χ1) is 8.86. The Morgan fingerprint density at radius 1 is 1.37 bits per heavy atom. The van der Waals surface area contributed by atoms with Crippen molar-refractivity contribution in [2.45, 2.75) is 6.92 Å². The molecule has 7 heteroatoms. The predicted molar refractivity (Wildman–Crippen MR) is 73.7 cm³/mol. The predicted octanol–water partition coefficient (Wildman–Crippen LogP) is -0.323. The van der Waals surface area contributed by atoms with Crippen LogP contribution in [0, 0.1) is 0 Å². The molecule has 0 saturated heterocycles. The van der Waals surface area contributed by atoms with Crippen molar-refractivity contribution in [3.8, 4) is 0 Å². The zero-order valence-electron chi connectivity index (χ0n) is 11.4. The molecular formula is C12H19N5O2. The van der Waals surface area contributed by atoms with E-state index in [1.54, 1.807) is 19.0 Å². The number of primary amides is 1. The summed E-state index contributed by atoms with van der Waals surface area (Å²) in [5, 5.41) is 0. The number of nitrogens with zero attached hydrogens (tertiary/aromatic N) is 3. The molecule has 1 aromatic heterocycles. The molecule has 0 bridgehead atoms. The summed E-state index contributed by atoms with van der Waals surface area (Å²) in [6.45, 7) is 2.52. The van der Waals surface area contributed by atoms with Gasteiger partial charge in [0.2, 0.25) is 5.91 Å². The second-order valence-corrected chi connectivity index (χ2v) is 4.31. The third-order valence-corrected chi connectivity index (χ3v) is 2.66. The number of pyridine rings is 1. The van der Waals surface area contributed by atoms with Gasteiger partial charge in [0.25, 0.3) is 5.91 Å². The number of hydrogen-bond donors (Lipinski definition) is 2. The summed E-state index contributed by atoms with van der Waals surface area (Å²) in [6.07, 6.45) is 1.44. The van der Waals surface area contributed by atoms with Gasteiger partial charge in [0, 0.05) is 20.6 Å². The molecule has 0 aliphatic carbocycles. The molecule has 0 spiro atoms. The van der Waals surface area contributed by atoms with Crippen LogP contribution in [-0.4, -0.2) is 48.9 Å². The highest BCUT2D eigenvalue weighted by atomic mass is 16.2. The first-order valence-electron chi connectivity index (χ1n) is 5.87. The van der Waals surface area contributed by atoms with Gasteiger partial charge in [0.1, 0.15) is 5.82 Å². The zero-order valence-corrected chi connectivity index (χ0v) is 11.4. The Balaban J connectivity index is 3.11. The van der Waals surface area contributed by atoms with Gasteiger partial charge in [-0.2, -0.15) is 0 Å². The van der Waals surface area contributed by atoms with Gasteiger partial charge < -0.3 is 21.3 Å². The monoisotopic (exact) mass is 265 g/mol. The molecular weight excluding hydrogens is 246 g/mol. The second-order valence-electron chi connectivity index (χ2n) is 4.31. The van der Waals surface area contributed by atoms with Crippen LogP contribution < -0.4 is 16.4 Å². The van der Waals surface area contributed by atoms with Crippen molar-refractivity contribution >= 4 is 23.3 Å². The Morgan fingerprint density at radius 2 is 2.00 bits per heavy atom. The Labute approximate surface area is 112 Å². The van der Waals surface area contributed by atoms with E-state index < -0.39 is 5.91 Å². The van der Waals surface area contributed by atoms with Crippen molar-refractivity contribution in [3.05, 3.63) is 17.8 Å². The minimum absolute atomic E-state index is 0.0871. The summed E-state index contributed by atoms with van der Waals surface area (Å²) >= 11 is 0. The van der Waals surface area contributed by atoms with Gasteiger partial charge in [0.15, 0.2) is 0 Å². The second kappa shape index (κ2) is 6.03. The molecule has 4 N–H and O–H groups in total. The minimum Gasteiger partial charge on any atom is -0.397 e. The first-order valence-corrected chi connectivity index (χ1v) is 5.87. The quantitative estimate of drug-likeness (QED) is 0.758. The van der Waals surface area contributed by atoms with Gasteiger partial charge in [-0.1, -0.05) is 0 Å². The van der Waals surface area contributed by atoms with E-state index >= 15 is 0 Å². The molecule has 0 radical (unpaired) electrons. The van der Waals surface area contributed by atoms with Crippen molar-refractivity contribution in [3.63, 3.8) is 0 Å². The fourth-order valence-electron chi connectivity index (χ4n) is 1.55. The summed E-state index contributed by atoms with van der Waals surface area (Å²) in [7, 11) is 3.34. The number of nitrogen functional groups attached to an aromatic ring is 1. The normalized spacial score (nSPS) is 10.1. The van der Waals surface area contributed by atoms with Crippen LogP contribution in [0.3, 0.4) is 0 Å². The van der Waals surface area contributed by atoms with Crippen molar-refractivity contribution in [2.24, 2.45) is 5.73 Å². The van der Waals surface area contributed by atoms with Gasteiger partial charge in [-0.15, -0.1) is 0 Å². The van der Waals surface area contributed by atoms with Crippen molar-refractivity contribution in [2.75, 3.05) is 37.8 Å². The number of rotatable bonds is 5. The Morgan fingerprint density at radius 3 is 2.47 bits per heavy atom. The van der Waals surface area contributed by atoms with E-state index in [4.69, 9.17) is 11.5 Å². The van der Waals surface area contributed by atoms with E-state index in [2.05, 4.69) is 4.98 Å². The smallest absolute Gasteiger partial charge is 0.252 e. The van der Waals surface area contributed by atoms with E-state index in [1.165, 1.54) is 17.2 Å². The minimum atomic E-state index is -0.620. The van der Waals surface area contributed by atoms with E-state index in [9.17, 15) is 9.59 Å². The molecule has 0 saturated carbocycles. The van der Waals surface area contributed by atoms with E-state index in [0.717, 1.165) is 0 Å². The van der Waals surface area contributed by atoms with Crippen LogP contribution in [0.1, 0.15) is 17.3 Å². The summed E-state index contributed by atoms with van der Waals surface area (Å²) in [6, 6.07) is 1.47. The number of carbonyl (C=O) groups is 2. The summed E-state index contributed by atoms with van der Waals surface area (Å²) in [5.41, 5.74) is 11.5. The Hall–Kier alpha value is -2.31. The van der Waals surface area contributed by atoms with Crippen LogP contribution in [0.5, 0.6) is 0 Å². The third-order valence-electron chi connectivity index (χ3n) is 2.66. The van der Waals surface area contributed by atoms with Crippen molar-refractivity contribution < 1.29 is 9.59 Å². The van der Waals surface area contributed by atoms with Crippen LogP contribution in [0.15, 0.2) is 12.3 Å². The summed E-state index contributed by atoms with van der Waals surface area (Å²) in [4.78, 5) is 30.4. The molecule has 0 aliphatic rings. The molecule has 1 aromatic rings. The van der Waals surface area contributed by atoms with Gasteiger partial charge >= 0.3 is 0 Å². The number of nitrogens with two attached hydrogens (primary N) is 2. The average Bonchev–Trinajstić information content (AvgIpc) is 2.35. The Kier molecular flexibility index (Phi) is 4.68. The first kappa shape index (κ1) is 14.7. The molecule has 0 aliphatic heterocycles. The maximum atomic E-state index is 11.7. The lowest BCUT2D eigenvalue weighted by Crippen LogP contribution is -2.38. The molecule has 0 aromatic carbocycles. The number of aromatic nitrogens is 1. The van der Waals surface area contributed by atoms with E-state index in [1.807, 2.05) is 6.92 Å². The Bertz CT molecular complexity index is 487. The highest BCUT2D eigenvalue weighted by Gasteiger charge is 2.18. The fourth-order valence-corrected chi connectivity index (χ4v) is 1.55.